The zero-order valence-corrected chi connectivity index (χ0v) is 16.2. The monoisotopic (exact) mass is 426 g/mol. The van der Waals surface area contributed by atoms with Crippen LogP contribution < -0.4 is 15.4 Å². The molecule has 5 nitrogen and oxygen atoms in total. The van der Waals surface area contributed by atoms with Gasteiger partial charge in [0.05, 0.1) is 12.7 Å². The van der Waals surface area contributed by atoms with Crippen molar-refractivity contribution in [2.24, 2.45) is 16.6 Å². The van der Waals surface area contributed by atoms with Crippen molar-refractivity contribution in [1.82, 2.24) is 4.98 Å². The molecular formula is C19H18F4N4OS. The summed E-state index contributed by atoms with van der Waals surface area (Å²) in [5.41, 5.74) is 4.51. The quantitative estimate of drug-likeness (QED) is 0.760. The van der Waals surface area contributed by atoms with Crippen LogP contribution in [0.15, 0.2) is 41.4 Å². The number of nitrogens with zero attached hydrogens (tertiary/aromatic N) is 3. The summed E-state index contributed by atoms with van der Waals surface area (Å²) in [7, 11) is 1.26. The van der Waals surface area contributed by atoms with Crippen molar-refractivity contribution in [2.75, 3.05) is 30.9 Å². The van der Waals surface area contributed by atoms with E-state index in [1.807, 2.05) is 0 Å². The van der Waals surface area contributed by atoms with Crippen LogP contribution in [0.25, 0.3) is 0 Å². The first-order valence-corrected chi connectivity index (χ1v) is 9.83. The predicted octanol–water partition coefficient (Wildman–Crippen LogP) is 3.64. The van der Waals surface area contributed by atoms with E-state index in [-0.39, 0.29) is 24.2 Å². The second kappa shape index (κ2) is 7.08. The van der Waals surface area contributed by atoms with Gasteiger partial charge in [0.2, 0.25) is 5.88 Å². The lowest BCUT2D eigenvalue weighted by molar-refractivity contribution is -0.137. The van der Waals surface area contributed by atoms with Crippen molar-refractivity contribution in [3.05, 3.63) is 53.3 Å². The molecule has 1 fully saturated rings. The van der Waals surface area contributed by atoms with Gasteiger partial charge in [-0.25, -0.2) is 9.38 Å². The Balaban J connectivity index is 1.79. The maximum atomic E-state index is 14.7. The third-order valence-corrected chi connectivity index (χ3v) is 6.24. The van der Waals surface area contributed by atoms with Gasteiger partial charge in [-0.1, -0.05) is 30.0 Å². The maximum Gasteiger partial charge on any atom is 0.416 e. The first-order valence-electron chi connectivity index (χ1n) is 8.84. The molecule has 2 aromatic rings. The molecule has 0 bridgehead atoms. The van der Waals surface area contributed by atoms with Crippen LogP contribution in [0, 0.1) is 11.7 Å². The average Bonchev–Trinajstić information content (AvgIpc) is 3.07. The first kappa shape index (κ1) is 19.8. The number of halogens is 4. The minimum absolute atomic E-state index is 0.112. The summed E-state index contributed by atoms with van der Waals surface area (Å²) in [4.78, 5) is 10.5. The molecule has 0 radical (unpaired) electrons. The number of methoxy groups -OCH3 is 1. The van der Waals surface area contributed by atoms with Gasteiger partial charge in [0, 0.05) is 36.4 Å². The largest absolute Gasteiger partial charge is 0.481 e. The Morgan fingerprint density at radius 1 is 1.28 bits per heavy atom. The van der Waals surface area contributed by atoms with Gasteiger partial charge in [-0.3, -0.25) is 0 Å². The summed E-state index contributed by atoms with van der Waals surface area (Å²) in [5.74, 6) is -0.00462. The minimum atomic E-state index is -4.54. The predicted molar refractivity (Wildman–Crippen MR) is 104 cm³/mol. The molecule has 0 saturated carbocycles. The van der Waals surface area contributed by atoms with Crippen LogP contribution in [-0.2, 0) is 11.7 Å². The normalized spacial score (nSPS) is 24.2. The van der Waals surface area contributed by atoms with Crippen molar-refractivity contribution in [1.29, 1.82) is 0 Å². The van der Waals surface area contributed by atoms with Crippen LogP contribution in [0.1, 0.15) is 11.1 Å². The highest BCUT2D eigenvalue weighted by atomic mass is 32.2. The Morgan fingerprint density at radius 2 is 2.03 bits per heavy atom. The molecule has 2 aliphatic rings. The van der Waals surface area contributed by atoms with Crippen LogP contribution in [0.3, 0.4) is 0 Å². The highest BCUT2D eigenvalue weighted by Crippen LogP contribution is 2.47. The molecule has 29 heavy (non-hydrogen) atoms. The lowest BCUT2D eigenvalue weighted by atomic mass is 9.81. The number of nitrogens with two attached hydrogens (primary N) is 1. The Morgan fingerprint density at radius 3 is 2.72 bits per heavy atom. The van der Waals surface area contributed by atoms with Gasteiger partial charge in [0.1, 0.15) is 17.2 Å². The van der Waals surface area contributed by atoms with Crippen molar-refractivity contribution in [3.8, 4) is 5.88 Å². The molecule has 4 rings (SSSR count). The van der Waals surface area contributed by atoms with E-state index in [0.717, 1.165) is 12.1 Å². The van der Waals surface area contributed by atoms with Gasteiger partial charge in [-0.2, -0.15) is 18.2 Å². The van der Waals surface area contributed by atoms with Crippen molar-refractivity contribution in [3.63, 3.8) is 0 Å². The van der Waals surface area contributed by atoms with Crippen LogP contribution in [0.4, 0.5) is 23.4 Å². The fourth-order valence-electron chi connectivity index (χ4n) is 3.91. The van der Waals surface area contributed by atoms with Gasteiger partial charge in [-0.15, -0.1) is 0 Å². The van der Waals surface area contributed by atoms with Crippen LogP contribution >= 0.6 is 11.8 Å². The summed E-state index contributed by atoms with van der Waals surface area (Å²) in [6.07, 6.45) is -4.54. The van der Waals surface area contributed by atoms with Crippen molar-refractivity contribution < 1.29 is 22.3 Å². The Bertz CT molecular complexity index is 967. The molecule has 2 aliphatic heterocycles. The topological polar surface area (TPSA) is 63.7 Å². The van der Waals surface area contributed by atoms with E-state index < -0.39 is 23.1 Å². The number of hydrogen-bond acceptors (Lipinski definition) is 6. The smallest absolute Gasteiger partial charge is 0.416 e. The van der Waals surface area contributed by atoms with E-state index in [9.17, 15) is 17.6 Å². The number of fused-ring (bicyclic) bond motifs is 1. The van der Waals surface area contributed by atoms with Gasteiger partial charge >= 0.3 is 6.18 Å². The average molecular weight is 426 g/mol. The van der Waals surface area contributed by atoms with Crippen LogP contribution in [-0.4, -0.2) is 36.1 Å². The SMILES string of the molecule is COc1cc(C(F)(F)F)cc(N2C[C@H]3CSC(N)=N[C@@]3(c3ccccc3F)C2)n1. The number of ether oxygens (including phenoxy) is 1. The van der Waals surface area contributed by atoms with Crippen LogP contribution in [0.2, 0.25) is 0 Å². The van der Waals surface area contributed by atoms with E-state index in [2.05, 4.69) is 9.98 Å². The molecule has 0 aliphatic carbocycles. The van der Waals surface area contributed by atoms with Gasteiger partial charge < -0.3 is 15.4 Å². The standard InChI is InChI=1S/C19H18F4N4OS/c1-28-16-7-11(19(21,22)23)6-15(25-16)27-8-12-9-29-17(24)26-18(12,10-27)13-4-2-3-5-14(13)20/h2-7,12H,8-10H2,1H3,(H2,24,26)/t12-,18-/m0/s1. The fourth-order valence-corrected chi connectivity index (χ4v) is 4.89. The maximum absolute atomic E-state index is 14.7. The lowest BCUT2D eigenvalue weighted by Gasteiger charge is -2.34. The summed E-state index contributed by atoms with van der Waals surface area (Å²) in [6.45, 7) is 0.535. The Hall–Kier alpha value is -2.49. The van der Waals surface area contributed by atoms with E-state index in [0.29, 0.717) is 23.0 Å². The second-order valence-corrected chi connectivity index (χ2v) is 8.04. The number of amidine groups is 1. The third-order valence-electron chi connectivity index (χ3n) is 5.28. The van der Waals surface area contributed by atoms with Crippen molar-refractivity contribution >= 4 is 22.7 Å². The summed E-state index contributed by atoms with van der Waals surface area (Å²) < 4.78 is 59.6. The molecule has 2 N–H and O–H groups in total. The highest BCUT2D eigenvalue weighted by Gasteiger charge is 2.51. The van der Waals surface area contributed by atoms with E-state index in [1.54, 1.807) is 23.1 Å². The summed E-state index contributed by atoms with van der Waals surface area (Å²) in [6, 6.07) is 8.13. The summed E-state index contributed by atoms with van der Waals surface area (Å²) >= 11 is 1.36. The number of benzene rings is 1. The lowest BCUT2D eigenvalue weighted by Crippen LogP contribution is -2.40. The fraction of sp³-hybridized carbons (Fsp3) is 0.368. The Kier molecular flexibility index (Phi) is 4.84. The molecule has 10 heteroatoms. The van der Waals surface area contributed by atoms with Gasteiger partial charge in [0.25, 0.3) is 0 Å². The molecule has 2 atom stereocenters. The van der Waals surface area contributed by atoms with E-state index in [4.69, 9.17) is 10.5 Å². The van der Waals surface area contributed by atoms with Gasteiger partial charge in [0.15, 0.2) is 5.17 Å². The molecule has 3 heterocycles. The van der Waals surface area contributed by atoms with E-state index in [1.165, 1.54) is 24.9 Å². The number of anilines is 1. The molecular weight excluding hydrogens is 408 g/mol. The molecule has 1 aromatic carbocycles. The van der Waals surface area contributed by atoms with Gasteiger partial charge in [-0.05, 0) is 12.1 Å². The number of pyridine rings is 1. The van der Waals surface area contributed by atoms with Crippen molar-refractivity contribution in [2.45, 2.75) is 11.7 Å². The molecule has 0 amide bonds. The number of aliphatic imine (C=N–C) groups is 1. The minimum Gasteiger partial charge on any atom is -0.481 e. The summed E-state index contributed by atoms with van der Waals surface area (Å²) in [5, 5.41) is 0.334. The number of alkyl halides is 3. The number of hydrogen-bond donors (Lipinski definition) is 1. The third kappa shape index (κ3) is 3.50. The molecule has 0 spiro atoms. The molecule has 0 unspecified atom stereocenters. The zero-order chi connectivity index (χ0) is 20.8. The first-order chi connectivity index (χ1) is 13.7. The molecule has 1 aromatic heterocycles. The number of thioether (sulfide) groups is 1. The molecule has 1 saturated heterocycles. The second-order valence-electron chi connectivity index (χ2n) is 7.00. The number of aromatic nitrogens is 1. The zero-order valence-electron chi connectivity index (χ0n) is 15.4. The van der Waals surface area contributed by atoms with E-state index >= 15 is 0 Å². The highest BCUT2D eigenvalue weighted by molar-refractivity contribution is 8.13. The number of rotatable bonds is 3. The Labute approximate surface area is 169 Å². The van der Waals surface area contributed by atoms with Crippen LogP contribution in [0.5, 0.6) is 5.88 Å². The molecule has 154 valence electrons.